The van der Waals surface area contributed by atoms with Gasteiger partial charge in [0.2, 0.25) is 0 Å². The van der Waals surface area contributed by atoms with Crippen molar-refractivity contribution in [2.45, 2.75) is 13.3 Å². The summed E-state index contributed by atoms with van der Waals surface area (Å²) in [6, 6.07) is 3.34. The summed E-state index contributed by atoms with van der Waals surface area (Å²) >= 11 is 0. The highest BCUT2D eigenvalue weighted by atomic mass is 16.5. The molecule has 0 saturated heterocycles. The molecular formula is C12H13N3O4. The van der Waals surface area contributed by atoms with Crippen molar-refractivity contribution in [3.05, 3.63) is 29.7 Å². The van der Waals surface area contributed by atoms with E-state index in [0.29, 0.717) is 22.8 Å². The van der Waals surface area contributed by atoms with Gasteiger partial charge in [-0.3, -0.25) is 9.59 Å². The Hall–Kier alpha value is -2.57. The third-order valence-electron chi connectivity index (χ3n) is 2.60. The SMILES string of the molecule is Cc1nc2c(OCC(N)=O)cccn2c1CC(=O)O. The number of ether oxygens (including phenoxy) is 1. The van der Waals surface area contributed by atoms with Crippen molar-refractivity contribution in [3.8, 4) is 5.75 Å². The van der Waals surface area contributed by atoms with E-state index in [2.05, 4.69) is 4.98 Å². The lowest BCUT2D eigenvalue weighted by Crippen LogP contribution is -2.20. The molecule has 0 bridgehead atoms. The second kappa shape index (κ2) is 4.97. The zero-order valence-electron chi connectivity index (χ0n) is 10.3. The molecule has 0 aliphatic rings. The number of aromatic nitrogens is 2. The van der Waals surface area contributed by atoms with Crippen molar-refractivity contribution < 1.29 is 19.4 Å². The zero-order valence-corrected chi connectivity index (χ0v) is 10.3. The van der Waals surface area contributed by atoms with E-state index >= 15 is 0 Å². The van der Waals surface area contributed by atoms with Crippen LogP contribution in [-0.4, -0.2) is 33.0 Å². The van der Waals surface area contributed by atoms with E-state index in [1.807, 2.05) is 0 Å². The lowest BCUT2D eigenvalue weighted by molar-refractivity contribution is -0.136. The highest BCUT2D eigenvalue weighted by Crippen LogP contribution is 2.22. The van der Waals surface area contributed by atoms with E-state index < -0.39 is 11.9 Å². The zero-order chi connectivity index (χ0) is 14.0. The van der Waals surface area contributed by atoms with Gasteiger partial charge < -0.3 is 20.0 Å². The van der Waals surface area contributed by atoms with Crippen LogP contribution in [0.3, 0.4) is 0 Å². The Morgan fingerprint density at radius 2 is 2.26 bits per heavy atom. The topological polar surface area (TPSA) is 107 Å². The summed E-state index contributed by atoms with van der Waals surface area (Å²) in [6.07, 6.45) is 1.57. The van der Waals surface area contributed by atoms with Gasteiger partial charge in [0.05, 0.1) is 17.8 Å². The minimum Gasteiger partial charge on any atom is -0.481 e. The predicted octanol–water partition coefficient (Wildman–Crippen LogP) is 0.134. The lowest BCUT2D eigenvalue weighted by Gasteiger charge is -2.05. The largest absolute Gasteiger partial charge is 0.481 e. The highest BCUT2D eigenvalue weighted by molar-refractivity contribution is 5.76. The molecule has 0 radical (unpaired) electrons. The number of fused-ring (bicyclic) bond motifs is 1. The molecule has 7 nitrogen and oxygen atoms in total. The Morgan fingerprint density at radius 1 is 1.53 bits per heavy atom. The molecule has 0 aliphatic carbocycles. The standard InChI is InChI=1S/C12H13N3O4/c1-7-8(5-11(17)18)15-4-2-3-9(12(15)14-7)19-6-10(13)16/h2-4H,5-6H2,1H3,(H2,13,16)(H,17,18). The van der Waals surface area contributed by atoms with Crippen LogP contribution in [0.4, 0.5) is 0 Å². The van der Waals surface area contributed by atoms with Crippen LogP contribution in [0.1, 0.15) is 11.4 Å². The number of amides is 1. The van der Waals surface area contributed by atoms with Crippen LogP contribution in [0.2, 0.25) is 0 Å². The van der Waals surface area contributed by atoms with Gasteiger partial charge in [0.25, 0.3) is 5.91 Å². The van der Waals surface area contributed by atoms with Crippen molar-refractivity contribution in [1.82, 2.24) is 9.38 Å². The van der Waals surface area contributed by atoms with E-state index in [-0.39, 0.29) is 13.0 Å². The normalized spacial score (nSPS) is 10.6. The molecule has 0 fully saturated rings. The third-order valence-corrected chi connectivity index (χ3v) is 2.60. The molecule has 0 spiro atoms. The molecule has 3 N–H and O–H groups in total. The van der Waals surface area contributed by atoms with Crippen LogP contribution < -0.4 is 10.5 Å². The van der Waals surface area contributed by atoms with Crippen LogP contribution in [-0.2, 0) is 16.0 Å². The molecule has 2 aromatic heterocycles. The minimum absolute atomic E-state index is 0.133. The highest BCUT2D eigenvalue weighted by Gasteiger charge is 2.15. The number of carbonyl (C=O) groups is 2. The van der Waals surface area contributed by atoms with Crippen molar-refractivity contribution >= 4 is 17.5 Å². The maximum atomic E-state index is 10.8. The number of imidazole rings is 1. The summed E-state index contributed by atoms with van der Waals surface area (Å²) < 4.78 is 6.89. The van der Waals surface area contributed by atoms with E-state index in [1.165, 1.54) is 0 Å². The number of nitrogens with zero attached hydrogens (tertiary/aromatic N) is 2. The van der Waals surface area contributed by atoms with E-state index in [9.17, 15) is 9.59 Å². The van der Waals surface area contributed by atoms with E-state index in [0.717, 1.165) is 0 Å². The summed E-state index contributed by atoms with van der Waals surface area (Å²) in [6.45, 7) is 1.48. The fourth-order valence-electron chi connectivity index (χ4n) is 1.82. The average molecular weight is 263 g/mol. The Kier molecular flexibility index (Phi) is 3.37. The maximum Gasteiger partial charge on any atom is 0.309 e. The summed E-state index contributed by atoms with van der Waals surface area (Å²) in [5.74, 6) is -1.13. The Morgan fingerprint density at radius 3 is 2.89 bits per heavy atom. The van der Waals surface area contributed by atoms with Crippen molar-refractivity contribution in [2.75, 3.05) is 6.61 Å². The van der Waals surface area contributed by atoms with E-state index in [4.69, 9.17) is 15.6 Å². The molecule has 0 unspecified atom stereocenters. The fourth-order valence-corrected chi connectivity index (χ4v) is 1.82. The molecule has 100 valence electrons. The van der Waals surface area contributed by atoms with Crippen LogP contribution in [0, 0.1) is 6.92 Å². The molecule has 1 amide bonds. The molecule has 0 aliphatic heterocycles. The molecule has 0 atom stereocenters. The van der Waals surface area contributed by atoms with Gasteiger partial charge in [-0.05, 0) is 19.1 Å². The number of primary amides is 1. The first-order valence-electron chi connectivity index (χ1n) is 5.58. The van der Waals surface area contributed by atoms with Crippen molar-refractivity contribution in [1.29, 1.82) is 0 Å². The van der Waals surface area contributed by atoms with Crippen LogP contribution in [0.15, 0.2) is 18.3 Å². The summed E-state index contributed by atoms with van der Waals surface area (Å²) in [7, 11) is 0. The number of carbonyl (C=O) groups excluding carboxylic acids is 1. The lowest BCUT2D eigenvalue weighted by atomic mass is 10.2. The van der Waals surface area contributed by atoms with Gasteiger partial charge in [-0.25, -0.2) is 4.98 Å². The first kappa shape index (κ1) is 12.9. The molecule has 0 aromatic carbocycles. The van der Waals surface area contributed by atoms with Crippen LogP contribution in [0.5, 0.6) is 5.75 Å². The molecular weight excluding hydrogens is 250 g/mol. The van der Waals surface area contributed by atoms with Gasteiger partial charge in [-0.1, -0.05) is 0 Å². The minimum atomic E-state index is -0.937. The second-order valence-corrected chi connectivity index (χ2v) is 4.04. The molecule has 7 heteroatoms. The molecule has 2 heterocycles. The third kappa shape index (κ3) is 2.65. The maximum absolute atomic E-state index is 10.8. The number of rotatable bonds is 5. The number of aryl methyl sites for hydroxylation is 1. The van der Waals surface area contributed by atoms with Crippen molar-refractivity contribution in [3.63, 3.8) is 0 Å². The van der Waals surface area contributed by atoms with Gasteiger partial charge in [0.15, 0.2) is 18.0 Å². The quantitative estimate of drug-likeness (QED) is 0.797. The summed E-state index contributed by atoms with van der Waals surface area (Å²) in [4.78, 5) is 25.8. The first-order valence-corrected chi connectivity index (χ1v) is 5.58. The fraction of sp³-hybridized carbons (Fsp3) is 0.250. The summed E-state index contributed by atoms with van der Waals surface area (Å²) in [5.41, 5.74) is 6.67. The van der Waals surface area contributed by atoms with Crippen molar-refractivity contribution in [2.24, 2.45) is 5.73 Å². The Bertz CT molecular complexity index is 648. The number of carboxylic acid groups (broad SMARTS) is 1. The van der Waals surface area contributed by atoms with Gasteiger partial charge in [0, 0.05) is 6.20 Å². The smallest absolute Gasteiger partial charge is 0.309 e. The molecule has 19 heavy (non-hydrogen) atoms. The molecule has 2 aromatic rings. The molecule has 2 rings (SSSR count). The number of aliphatic carboxylic acids is 1. The van der Waals surface area contributed by atoms with Gasteiger partial charge in [-0.2, -0.15) is 0 Å². The van der Waals surface area contributed by atoms with E-state index in [1.54, 1.807) is 29.7 Å². The number of hydrogen-bond donors (Lipinski definition) is 2. The van der Waals surface area contributed by atoms with Gasteiger partial charge in [0.1, 0.15) is 0 Å². The van der Waals surface area contributed by atoms with Gasteiger partial charge in [-0.15, -0.1) is 0 Å². The summed E-state index contributed by atoms with van der Waals surface area (Å²) in [5, 5.41) is 8.88. The molecule has 0 saturated carbocycles. The Balaban J connectivity index is 2.45. The predicted molar refractivity (Wildman–Crippen MR) is 66.0 cm³/mol. The number of carboxylic acids is 1. The second-order valence-electron chi connectivity index (χ2n) is 4.04. The average Bonchev–Trinajstić information content (AvgIpc) is 2.63. The van der Waals surface area contributed by atoms with Gasteiger partial charge >= 0.3 is 5.97 Å². The first-order chi connectivity index (χ1) is 8.99. The Labute approximate surface area is 108 Å². The van der Waals surface area contributed by atoms with Crippen LogP contribution in [0.25, 0.3) is 5.65 Å². The van der Waals surface area contributed by atoms with Crippen LogP contribution >= 0.6 is 0 Å². The number of nitrogens with two attached hydrogens (primary N) is 1. The number of hydrogen-bond acceptors (Lipinski definition) is 4. The monoisotopic (exact) mass is 263 g/mol. The number of pyridine rings is 1.